The van der Waals surface area contributed by atoms with E-state index in [1.807, 2.05) is 54.6 Å². The number of rotatable bonds is 8. The van der Waals surface area contributed by atoms with E-state index < -0.39 is 6.10 Å². The Kier molecular flexibility index (Phi) is 7.77. The molecular weight excluding hydrogens is 461 g/mol. The maximum atomic E-state index is 10.3. The quantitative estimate of drug-likeness (QED) is 0.405. The van der Waals surface area contributed by atoms with Crippen LogP contribution in [-0.4, -0.2) is 11.7 Å². The molecule has 0 fully saturated rings. The lowest BCUT2D eigenvalue weighted by molar-refractivity contribution is 0.174. The Hall–Kier alpha value is -1.56. The van der Waals surface area contributed by atoms with Gasteiger partial charge >= 0.3 is 0 Å². The van der Waals surface area contributed by atoms with Crippen LogP contribution >= 0.6 is 39.1 Å². The van der Waals surface area contributed by atoms with Gasteiger partial charge in [-0.3, -0.25) is 0 Å². The summed E-state index contributed by atoms with van der Waals surface area (Å²) in [6.45, 7) is 1.40. The van der Waals surface area contributed by atoms with Gasteiger partial charge in [0, 0.05) is 23.1 Å². The SMILES string of the molecule is OC(CNCc1cc(Br)ccc1OCc1ccc(Cl)c(Cl)c1)c1ccccc1. The highest BCUT2D eigenvalue weighted by molar-refractivity contribution is 9.10. The molecule has 0 aliphatic heterocycles. The average Bonchev–Trinajstić information content (AvgIpc) is 2.70. The number of ether oxygens (including phenoxy) is 1. The Morgan fingerprint density at radius 2 is 1.75 bits per heavy atom. The maximum Gasteiger partial charge on any atom is 0.124 e. The first kappa shape index (κ1) is 21.2. The second-order valence-corrected chi connectivity index (χ2v) is 8.08. The van der Waals surface area contributed by atoms with Crippen molar-refractivity contribution >= 4 is 39.1 Å². The molecular formula is C22H20BrCl2NO2. The van der Waals surface area contributed by atoms with Crippen molar-refractivity contribution in [3.05, 3.63) is 97.9 Å². The Bertz CT molecular complexity index is 922. The van der Waals surface area contributed by atoms with E-state index in [0.29, 0.717) is 29.7 Å². The number of benzene rings is 3. The largest absolute Gasteiger partial charge is 0.489 e. The third-order valence-electron chi connectivity index (χ3n) is 4.24. The molecule has 0 saturated heterocycles. The van der Waals surface area contributed by atoms with Crippen molar-refractivity contribution in [3.8, 4) is 5.75 Å². The lowest BCUT2D eigenvalue weighted by atomic mass is 10.1. The number of hydrogen-bond acceptors (Lipinski definition) is 3. The van der Waals surface area contributed by atoms with E-state index in [1.165, 1.54) is 0 Å². The molecule has 0 bridgehead atoms. The van der Waals surface area contributed by atoms with Crippen LogP contribution in [0.25, 0.3) is 0 Å². The van der Waals surface area contributed by atoms with Gasteiger partial charge in [-0.2, -0.15) is 0 Å². The minimum absolute atomic E-state index is 0.387. The molecule has 0 amide bonds. The number of nitrogens with one attached hydrogen (secondary N) is 1. The van der Waals surface area contributed by atoms with Crippen molar-refractivity contribution < 1.29 is 9.84 Å². The lowest BCUT2D eigenvalue weighted by Crippen LogP contribution is -2.21. The van der Waals surface area contributed by atoms with E-state index in [9.17, 15) is 5.11 Å². The number of hydrogen-bond donors (Lipinski definition) is 2. The van der Waals surface area contributed by atoms with Gasteiger partial charge in [-0.1, -0.05) is 75.5 Å². The van der Waals surface area contributed by atoms with Gasteiger partial charge < -0.3 is 15.2 Å². The van der Waals surface area contributed by atoms with E-state index >= 15 is 0 Å². The van der Waals surface area contributed by atoms with Crippen LogP contribution in [-0.2, 0) is 13.2 Å². The minimum atomic E-state index is -0.561. The van der Waals surface area contributed by atoms with E-state index in [2.05, 4.69) is 21.2 Å². The highest BCUT2D eigenvalue weighted by atomic mass is 79.9. The molecule has 0 aliphatic rings. The van der Waals surface area contributed by atoms with E-state index in [1.54, 1.807) is 12.1 Å². The molecule has 2 N–H and O–H groups in total. The molecule has 6 heteroatoms. The zero-order valence-electron chi connectivity index (χ0n) is 15.0. The summed E-state index contributed by atoms with van der Waals surface area (Å²) in [5, 5.41) is 14.6. The molecule has 28 heavy (non-hydrogen) atoms. The molecule has 3 nitrogen and oxygen atoms in total. The van der Waals surface area contributed by atoms with Gasteiger partial charge in [-0.15, -0.1) is 0 Å². The van der Waals surface area contributed by atoms with Crippen molar-refractivity contribution in [3.63, 3.8) is 0 Å². The van der Waals surface area contributed by atoms with E-state index in [-0.39, 0.29) is 0 Å². The topological polar surface area (TPSA) is 41.5 Å². The van der Waals surface area contributed by atoms with Crippen LogP contribution in [0, 0.1) is 0 Å². The van der Waals surface area contributed by atoms with Gasteiger partial charge in [0.05, 0.1) is 16.1 Å². The van der Waals surface area contributed by atoms with Crippen molar-refractivity contribution in [1.82, 2.24) is 5.32 Å². The predicted molar refractivity (Wildman–Crippen MR) is 118 cm³/mol. The van der Waals surface area contributed by atoms with Crippen molar-refractivity contribution in [2.75, 3.05) is 6.54 Å². The molecule has 3 aromatic rings. The molecule has 1 atom stereocenters. The monoisotopic (exact) mass is 479 g/mol. The summed E-state index contributed by atoms with van der Waals surface area (Å²) in [7, 11) is 0. The van der Waals surface area contributed by atoms with Gasteiger partial charge in [0.25, 0.3) is 0 Å². The Labute approximate surface area is 183 Å². The highest BCUT2D eigenvalue weighted by Gasteiger charge is 2.09. The number of aliphatic hydroxyl groups excluding tert-OH is 1. The van der Waals surface area contributed by atoms with Crippen molar-refractivity contribution in [2.45, 2.75) is 19.3 Å². The first-order valence-electron chi connectivity index (χ1n) is 8.82. The normalized spacial score (nSPS) is 12.0. The van der Waals surface area contributed by atoms with E-state index in [4.69, 9.17) is 27.9 Å². The van der Waals surface area contributed by atoms with Crippen LogP contribution in [0.15, 0.2) is 71.2 Å². The van der Waals surface area contributed by atoms with Crippen molar-refractivity contribution in [1.29, 1.82) is 0 Å². The number of halogens is 3. The van der Waals surface area contributed by atoms with Crippen LogP contribution in [0.2, 0.25) is 10.0 Å². The van der Waals surface area contributed by atoms with Gasteiger partial charge in [0.1, 0.15) is 12.4 Å². The molecule has 3 rings (SSSR count). The zero-order chi connectivity index (χ0) is 19.9. The molecule has 0 aromatic heterocycles. The fraction of sp³-hybridized carbons (Fsp3) is 0.182. The van der Waals surface area contributed by atoms with Gasteiger partial charge in [-0.05, 0) is 41.5 Å². The van der Waals surface area contributed by atoms with Crippen LogP contribution in [0.4, 0.5) is 0 Å². The second-order valence-electron chi connectivity index (χ2n) is 6.35. The molecule has 0 heterocycles. The molecule has 0 aliphatic carbocycles. The van der Waals surface area contributed by atoms with Crippen molar-refractivity contribution in [2.24, 2.45) is 0 Å². The Balaban J connectivity index is 1.61. The summed E-state index contributed by atoms with van der Waals surface area (Å²) in [5.41, 5.74) is 2.82. The first-order chi connectivity index (χ1) is 13.5. The van der Waals surface area contributed by atoms with Crippen LogP contribution < -0.4 is 10.1 Å². The highest BCUT2D eigenvalue weighted by Crippen LogP contribution is 2.26. The molecule has 146 valence electrons. The van der Waals surface area contributed by atoms with Gasteiger partial charge in [0.2, 0.25) is 0 Å². The lowest BCUT2D eigenvalue weighted by Gasteiger charge is -2.15. The molecule has 3 aromatic carbocycles. The summed E-state index contributed by atoms with van der Waals surface area (Å²) < 4.78 is 6.96. The summed E-state index contributed by atoms with van der Waals surface area (Å²) >= 11 is 15.5. The summed E-state index contributed by atoms with van der Waals surface area (Å²) in [6, 6.07) is 20.9. The van der Waals surface area contributed by atoms with Crippen LogP contribution in [0.5, 0.6) is 5.75 Å². The molecule has 0 saturated carbocycles. The first-order valence-corrected chi connectivity index (χ1v) is 10.4. The standard InChI is InChI=1S/C22H20BrCl2NO2/c23-18-7-9-22(28-14-15-6-8-19(24)20(25)10-15)17(11-18)12-26-13-21(27)16-4-2-1-3-5-16/h1-11,21,26-27H,12-14H2. The fourth-order valence-electron chi connectivity index (χ4n) is 2.75. The Morgan fingerprint density at radius 1 is 0.964 bits per heavy atom. The summed E-state index contributed by atoms with van der Waals surface area (Å²) in [6.07, 6.45) is -0.561. The molecule has 0 radical (unpaired) electrons. The van der Waals surface area contributed by atoms with E-state index in [0.717, 1.165) is 26.9 Å². The van der Waals surface area contributed by atoms with Crippen LogP contribution in [0.1, 0.15) is 22.8 Å². The fourth-order valence-corrected chi connectivity index (χ4v) is 3.48. The van der Waals surface area contributed by atoms with Gasteiger partial charge in [-0.25, -0.2) is 0 Å². The van der Waals surface area contributed by atoms with Crippen LogP contribution in [0.3, 0.4) is 0 Å². The smallest absolute Gasteiger partial charge is 0.124 e. The molecule has 0 spiro atoms. The maximum absolute atomic E-state index is 10.3. The third-order valence-corrected chi connectivity index (χ3v) is 5.47. The predicted octanol–water partition coefficient (Wildman–Crippen LogP) is 6.16. The summed E-state index contributed by atoms with van der Waals surface area (Å²) in [4.78, 5) is 0. The molecule has 1 unspecified atom stereocenters. The average molecular weight is 481 g/mol. The second kappa shape index (κ2) is 10.3. The zero-order valence-corrected chi connectivity index (χ0v) is 18.1. The third kappa shape index (κ3) is 5.97. The number of aliphatic hydroxyl groups is 1. The van der Waals surface area contributed by atoms with Gasteiger partial charge in [0.15, 0.2) is 0 Å². The summed E-state index contributed by atoms with van der Waals surface area (Å²) in [5.74, 6) is 0.774. The minimum Gasteiger partial charge on any atom is -0.489 e. The Morgan fingerprint density at radius 3 is 2.50 bits per heavy atom.